The monoisotopic (exact) mass is 294 g/mol. The average molecular weight is 294 g/mol. The zero-order chi connectivity index (χ0) is 15.5. The summed E-state index contributed by atoms with van der Waals surface area (Å²) in [5, 5.41) is 16.7. The standard InChI is InChI=1S/C15H26N4O2/c1-4-15(11-20)5-7-19(8-6-15)14(21)16-9-13-10-17-18(3)12(13)2/h10,20H,4-9,11H2,1-3H3,(H,16,21). The molecule has 0 aromatic carbocycles. The van der Waals surface area contributed by atoms with Crippen LogP contribution >= 0.6 is 0 Å². The number of aliphatic hydroxyl groups is 1. The first-order valence-electron chi connectivity index (χ1n) is 7.62. The highest BCUT2D eigenvalue weighted by atomic mass is 16.3. The fourth-order valence-electron chi connectivity index (χ4n) is 2.81. The number of aliphatic hydroxyl groups excluding tert-OH is 1. The third-order valence-corrected chi connectivity index (χ3v) is 4.96. The second kappa shape index (κ2) is 6.47. The lowest BCUT2D eigenvalue weighted by molar-refractivity contribution is 0.0519. The number of carbonyl (C=O) groups excluding carboxylic acids is 1. The van der Waals surface area contributed by atoms with E-state index < -0.39 is 0 Å². The van der Waals surface area contributed by atoms with E-state index in [0.717, 1.165) is 30.5 Å². The Bertz CT molecular complexity index is 484. The first-order valence-corrected chi connectivity index (χ1v) is 7.62. The quantitative estimate of drug-likeness (QED) is 0.882. The van der Waals surface area contributed by atoms with Gasteiger partial charge in [-0.15, -0.1) is 0 Å². The Morgan fingerprint density at radius 3 is 2.62 bits per heavy atom. The summed E-state index contributed by atoms with van der Waals surface area (Å²) in [6.45, 7) is 6.25. The molecule has 118 valence electrons. The van der Waals surface area contributed by atoms with Crippen LogP contribution in [0, 0.1) is 12.3 Å². The summed E-state index contributed by atoms with van der Waals surface area (Å²) in [5.41, 5.74) is 2.12. The van der Waals surface area contributed by atoms with Crippen molar-refractivity contribution in [3.05, 3.63) is 17.5 Å². The van der Waals surface area contributed by atoms with Gasteiger partial charge in [0.1, 0.15) is 0 Å². The van der Waals surface area contributed by atoms with Crippen LogP contribution < -0.4 is 5.32 Å². The number of piperidine rings is 1. The Kier molecular flexibility index (Phi) is 4.88. The van der Waals surface area contributed by atoms with Crippen molar-refractivity contribution in [2.24, 2.45) is 12.5 Å². The fourth-order valence-corrected chi connectivity index (χ4v) is 2.81. The summed E-state index contributed by atoms with van der Waals surface area (Å²) in [6.07, 6.45) is 4.51. The highest BCUT2D eigenvalue weighted by molar-refractivity contribution is 5.74. The second-order valence-corrected chi connectivity index (χ2v) is 6.04. The van der Waals surface area contributed by atoms with Crippen LogP contribution in [0.15, 0.2) is 6.20 Å². The van der Waals surface area contributed by atoms with E-state index in [1.165, 1.54) is 0 Å². The van der Waals surface area contributed by atoms with Crippen LogP contribution in [0.5, 0.6) is 0 Å². The van der Waals surface area contributed by atoms with E-state index in [0.29, 0.717) is 19.6 Å². The Morgan fingerprint density at radius 1 is 1.48 bits per heavy atom. The summed E-state index contributed by atoms with van der Waals surface area (Å²) in [6, 6.07) is -0.0269. The molecule has 0 bridgehead atoms. The molecule has 6 heteroatoms. The molecule has 0 radical (unpaired) electrons. The van der Waals surface area contributed by atoms with Gasteiger partial charge in [0.05, 0.1) is 6.20 Å². The number of nitrogens with one attached hydrogen (secondary N) is 1. The van der Waals surface area contributed by atoms with Crippen molar-refractivity contribution in [3.63, 3.8) is 0 Å². The van der Waals surface area contributed by atoms with Gasteiger partial charge in [-0.2, -0.15) is 5.10 Å². The molecule has 0 spiro atoms. The molecule has 6 nitrogen and oxygen atoms in total. The smallest absolute Gasteiger partial charge is 0.317 e. The van der Waals surface area contributed by atoms with E-state index in [2.05, 4.69) is 17.3 Å². The lowest BCUT2D eigenvalue weighted by atomic mass is 9.77. The van der Waals surface area contributed by atoms with Crippen molar-refractivity contribution < 1.29 is 9.90 Å². The summed E-state index contributed by atoms with van der Waals surface area (Å²) in [7, 11) is 1.89. The van der Waals surface area contributed by atoms with Crippen LogP contribution in [0.25, 0.3) is 0 Å². The van der Waals surface area contributed by atoms with Crippen molar-refractivity contribution in [1.29, 1.82) is 0 Å². The van der Waals surface area contributed by atoms with E-state index in [9.17, 15) is 9.90 Å². The zero-order valence-electron chi connectivity index (χ0n) is 13.2. The van der Waals surface area contributed by atoms with Crippen LogP contribution in [0.2, 0.25) is 0 Å². The average Bonchev–Trinajstić information content (AvgIpc) is 2.84. The van der Waals surface area contributed by atoms with Crippen LogP contribution in [0.1, 0.15) is 37.4 Å². The Morgan fingerprint density at radius 2 is 2.14 bits per heavy atom. The molecule has 2 rings (SSSR count). The van der Waals surface area contributed by atoms with Gasteiger partial charge in [0.25, 0.3) is 0 Å². The Labute approximate surface area is 126 Å². The number of amides is 2. The summed E-state index contributed by atoms with van der Waals surface area (Å²) in [4.78, 5) is 14.0. The Balaban J connectivity index is 1.84. The van der Waals surface area contributed by atoms with Gasteiger partial charge >= 0.3 is 6.03 Å². The number of rotatable bonds is 4. The summed E-state index contributed by atoms with van der Waals surface area (Å²) < 4.78 is 1.80. The normalized spacial score (nSPS) is 17.8. The topological polar surface area (TPSA) is 70.4 Å². The number of likely N-dealkylation sites (tertiary alicyclic amines) is 1. The molecular formula is C15H26N4O2. The first kappa shape index (κ1) is 15.8. The van der Waals surface area contributed by atoms with Crippen LogP contribution in [-0.2, 0) is 13.6 Å². The number of urea groups is 1. The van der Waals surface area contributed by atoms with Gasteiger partial charge < -0.3 is 15.3 Å². The van der Waals surface area contributed by atoms with Gasteiger partial charge in [-0.25, -0.2) is 4.79 Å². The minimum atomic E-state index is -0.0269. The number of aryl methyl sites for hydroxylation is 1. The minimum Gasteiger partial charge on any atom is -0.396 e. The number of nitrogens with zero attached hydrogens (tertiary/aromatic N) is 3. The molecule has 1 saturated heterocycles. The zero-order valence-corrected chi connectivity index (χ0v) is 13.2. The predicted octanol–water partition coefficient (Wildman–Crippen LogP) is 1.42. The number of aromatic nitrogens is 2. The van der Waals surface area contributed by atoms with E-state index >= 15 is 0 Å². The molecule has 0 saturated carbocycles. The van der Waals surface area contributed by atoms with Gasteiger partial charge in [-0.3, -0.25) is 4.68 Å². The van der Waals surface area contributed by atoms with E-state index in [1.807, 2.05) is 18.9 Å². The molecule has 0 unspecified atom stereocenters. The van der Waals surface area contributed by atoms with Gasteiger partial charge in [0.2, 0.25) is 0 Å². The van der Waals surface area contributed by atoms with Gasteiger partial charge in [-0.05, 0) is 31.6 Å². The minimum absolute atomic E-state index is 0.0106. The highest BCUT2D eigenvalue weighted by Crippen LogP contribution is 2.34. The first-order chi connectivity index (χ1) is 10.0. The molecule has 0 atom stereocenters. The molecule has 1 aliphatic rings. The van der Waals surface area contributed by atoms with Gasteiger partial charge in [0.15, 0.2) is 0 Å². The SMILES string of the molecule is CCC1(CO)CCN(C(=O)NCc2cnn(C)c2C)CC1. The highest BCUT2D eigenvalue weighted by Gasteiger charge is 2.33. The molecule has 2 amide bonds. The van der Waals surface area contributed by atoms with Crippen molar-refractivity contribution in [2.75, 3.05) is 19.7 Å². The fraction of sp³-hybridized carbons (Fsp3) is 0.733. The third kappa shape index (κ3) is 3.37. The molecule has 2 N–H and O–H groups in total. The molecule has 1 aliphatic heterocycles. The van der Waals surface area contributed by atoms with Crippen molar-refractivity contribution in [3.8, 4) is 0 Å². The van der Waals surface area contributed by atoms with Crippen LogP contribution in [0.4, 0.5) is 4.79 Å². The maximum atomic E-state index is 12.2. The van der Waals surface area contributed by atoms with E-state index in [4.69, 9.17) is 0 Å². The summed E-state index contributed by atoms with van der Waals surface area (Å²) in [5.74, 6) is 0. The lowest BCUT2D eigenvalue weighted by Crippen LogP contribution is -2.48. The van der Waals surface area contributed by atoms with E-state index in [1.54, 1.807) is 10.9 Å². The van der Waals surface area contributed by atoms with Crippen LogP contribution in [0.3, 0.4) is 0 Å². The maximum Gasteiger partial charge on any atom is 0.317 e. The Hall–Kier alpha value is -1.56. The number of hydrogen-bond acceptors (Lipinski definition) is 3. The second-order valence-electron chi connectivity index (χ2n) is 6.04. The van der Waals surface area contributed by atoms with Crippen LogP contribution in [-0.4, -0.2) is 45.5 Å². The van der Waals surface area contributed by atoms with E-state index in [-0.39, 0.29) is 18.1 Å². The maximum absolute atomic E-state index is 12.2. The molecular weight excluding hydrogens is 268 g/mol. The molecule has 21 heavy (non-hydrogen) atoms. The van der Waals surface area contributed by atoms with Crippen molar-refractivity contribution in [2.45, 2.75) is 39.7 Å². The number of carbonyl (C=O) groups is 1. The van der Waals surface area contributed by atoms with Gasteiger partial charge in [0, 0.05) is 44.5 Å². The number of hydrogen-bond donors (Lipinski definition) is 2. The van der Waals surface area contributed by atoms with Crippen molar-refractivity contribution >= 4 is 6.03 Å². The molecule has 1 fully saturated rings. The largest absolute Gasteiger partial charge is 0.396 e. The molecule has 2 heterocycles. The molecule has 1 aromatic heterocycles. The lowest BCUT2D eigenvalue weighted by Gasteiger charge is -2.40. The summed E-state index contributed by atoms with van der Waals surface area (Å²) >= 11 is 0. The van der Waals surface area contributed by atoms with Gasteiger partial charge in [-0.1, -0.05) is 6.92 Å². The predicted molar refractivity (Wildman–Crippen MR) is 80.8 cm³/mol. The molecule has 1 aromatic rings. The molecule has 0 aliphatic carbocycles. The van der Waals surface area contributed by atoms with Crippen molar-refractivity contribution in [1.82, 2.24) is 20.0 Å². The third-order valence-electron chi connectivity index (χ3n) is 4.96.